The van der Waals surface area contributed by atoms with Crippen LogP contribution >= 0.6 is 22.9 Å². The summed E-state index contributed by atoms with van der Waals surface area (Å²) in [5.74, 6) is 0.216. The summed E-state index contributed by atoms with van der Waals surface area (Å²) in [5.41, 5.74) is 0. The minimum atomic E-state index is -0.367. The number of halogens is 1. The fraction of sp³-hybridized carbons (Fsp3) is 0.615. The highest BCUT2D eigenvalue weighted by Gasteiger charge is 2.09. The van der Waals surface area contributed by atoms with E-state index in [9.17, 15) is 9.90 Å². The maximum absolute atomic E-state index is 11.5. The van der Waals surface area contributed by atoms with Gasteiger partial charge in [-0.15, -0.1) is 11.3 Å². The molecule has 0 saturated heterocycles. The summed E-state index contributed by atoms with van der Waals surface area (Å²) in [7, 11) is 0. The number of hydrogen-bond donors (Lipinski definition) is 3. The normalized spacial score (nSPS) is 12.5. The molecule has 1 unspecified atom stereocenters. The lowest BCUT2D eigenvalue weighted by Gasteiger charge is -2.14. The first-order valence-corrected chi connectivity index (χ1v) is 7.62. The first kappa shape index (κ1) is 16.3. The Kier molecular flexibility index (Phi) is 7.20. The molecule has 3 N–H and O–H groups in total. The Balaban J connectivity index is 2.08. The minimum Gasteiger partial charge on any atom is -0.393 e. The number of thiophene rings is 1. The Morgan fingerprint density at radius 3 is 2.63 bits per heavy atom. The lowest BCUT2D eigenvalue weighted by atomic mass is 10.0. The lowest BCUT2D eigenvalue weighted by Crippen LogP contribution is -2.38. The average molecular weight is 305 g/mol. The standard InChI is InChI=1S/C13H21ClN2O2S/c1-9(2)11(17)6-8-16-13(18)15-7-5-10-3-4-12(14)19-10/h3-4,9,11,17H,5-8H2,1-2H3,(H2,15,16,18). The smallest absolute Gasteiger partial charge is 0.314 e. The number of nitrogens with one attached hydrogen (secondary N) is 2. The number of aliphatic hydroxyl groups is 1. The Hall–Kier alpha value is -0.780. The monoisotopic (exact) mass is 304 g/mol. The van der Waals surface area contributed by atoms with E-state index in [1.807, 2.05) is 26.0 Å². The van der Waals surface area contributed by atoms with Crippen molar-refractivity contribution in [3.63, 3.8) is 0 Å². The fourth-order valence-electron chi connectivity index (χ4n) is 1.51. The Morgan fingerprint density at radius 1 is 1.37 bits per heavy atom. The summed E-state index contributed by atoms with van der Waals surface area (Å²) in [6.45, 7) is 4.97. The molecule has 6 heteroatoms. The van der Waals surface area contributed by atoms with Crippen molar-refractivity contribution in [3.8, 4) is 0 Å². The molecule has 0 aliphatic heterocycles. The van der Waals surface area contributed by atoms with Crippen LogP contribution in [0.2, 0.25) is 4.34 Å². The molecule has 1 aromatic rings. The average Bonchev–Trinajstić information content (AvgIpc) is 2.74. The van der Waals surface area contributed by atoms with Gasteiger partial charge in [0, 0.05) is 18.0 Å². The molecule has 0 aromatic carbocycles. The Labute approximate surface area is 123 Å². The topological polar surface area (TPSA) is 61.4 Å². The van der Waals surface area contributed by atoms with Crippen LogP contribution in [0, 0.1) is 5.92 Å². The molecule has 0 aliphatic carbocycles. The van der Waals surface area contributed by atoms with Gasteiger partial charge in [-0.25, -0.2) is 4.79 Å². The van der Waals surface area contributed by atoms with Gasteiger partial charge in [0.25, 0.3) is 0 Å². The number of hydrogen-bond acceptors (Lipinski definition) is 3. The van der Waals surface area contributed by atoms with E-state index in [0.717, 1.165) is 15.6 Å². The van der Waals surface area contributed by atoms with E-state index < -0.39 is 0 Å². The molecule has 0 fully saturated rings. The third kappa shape index (κ3) is 6.80. The molecular formula is C13H21ClN2O2S. The number of amides is 2. The summed E-state index contributed by atoms with van der Waals surface area (Å²) in [4.78, 5) is 12.6. The molecule has 19 heavy (non-hydrogen) atoms. The molecule has 1 aromatic heterocycles. The number of carbonyl (C=O) groups excluding carboxylic acids is 1. The van der Waals surface area contributed by atoms with Crippen molar-refractivity contribution in [2.45, 2.75) is 32.8 Å². The fourth-order valence-corrected chi connectivity index (χ4v) is 2.60. The molecule has 0 spiro atoms. The van der Waals surface area contributed by atoms with Crippen molar-refractivity contribution in [1.82, 2.24) is 10.6 Å². The van der Waals surface area contributed by atoms with Crippen molar-refractivity contribution >= 4 is 29.0 Å². The number of carbonyl (C=O) groups is 1. The molecule has 0 aliphatic rings. The van der Waals surface area contributed by atoms with Crippen LogP contribution < -0.4 is 10.6 Å². The highest BCUT2D eigenvalue weighted by molar-refractivity contribution is 7.16. The highest BCUT2D eigenvalue weighted by Crippen LogP contribution is 2.21. The van der Waals surface area contributed by atoms with E-state index in [0.29, 0.717) is 19.5 Å². The van der Waals surface area contributed by atoms with Gasteiger partial charge in [0.1, 0.15) is 0 Å². The third-order valence-electron chi connectivity index (χ3n) is 2.78. The Morgan fingerprint density at radius 2 is 2.05 bits per heavy atom. The van der Waals surface area contributed by atoms with Crippen LogP contribution in [0.5, 0.6) is 0 Å². The van der Waals surface area contributed by atoms with E-state index in [1.165, 1.54) is 11.3 Å². The maximum Gasteiger partial charge on any atom is 0.314 e. The van der Waals surface area contributed by atoms with Gasteiger partial charge in [-0.1, -0.05) is 25.4 Å². The zero-order valence-electron chi connectivity index (χ0n) is 11.3. The van der Waals surface area contributed by atoms with Crippen LogP contribution in [0.1, 0.15) is 25.1 Å². The minimum absolute atomic E-state index is 0.196. The molecule has 0 bridgehead atoms. The van der Waals surface area contributed by atoms with Gasteiger partial charge in [-0.05, 0) is 30.9 Å². The lowest BCUT2D eigenvalue weighted by molar-refractivity contribution is 0.116. The van der Waals surface area contributed by atoms with Crippen LogP contribution in [-0.4, -0.2) is 30.3 Å². The summed E-state index contributed by atoms with van der Waals surface area (Å²) >= 11 is 7.35. The van der Waals surface area contributed by atoms with Crippen molar-refractivity contribution in [1.29, 1.82) is 0 Å². The molecule has 0 saturated carbocycles. The summed E-state index contributed by atoms with van der Waals surface area (Å²) < 4.78 is 0.766. The second-order valence-electron chi connectivity index (χ2n) is 4.74. The molecule has 108 valence electrons. The van der Waals surface area contributed by atoms with Crippen molar-refractivity contribution in [2.75, 3.05) is 13.1 Å². The number of rotatable bonds is 7. The molecular weight excluding hydrogens is 284 g/mol. The molecule has 2 amide bonds. The molecule has 1 rings (SSSR count). The quantitative estimate of drug-likeness (QED) is 0.725. The van der Waals surface area contributed by atoms with Gasteiger partial charge < -0.3 is 15.7 Å². The van der Waals surface area contributed by atoms with Crippen LogP contribution in [-0.2, 0) is 6.42 Å². The maximum atomic E-state index is 11.5. The summed E-state index contributed by atoms with van der Waals surface area (Å²) in [6.07, 6.45) is 0.985. The largest absolute Gasteiger partial charge is 0.393 e. The van der Waals surface area contributed by atoms with Gasteiger partial charge in [-0.3, -0.25) is 0 Å². The van der Waals surface area contributed by atoms with Crippen LogP contribution in [0.4, 0.5) is 4.79 Å². The predicted molar refractivity (Wildman–Crippen MR) is 79.9 cm³/mol. The summed E-state index contributed by atoms with van der Waals surface area (Å²) in [6, 6.07) is 3.62. The van der Waals surface area contributed by atoms with E-state index in [1.54, 1.807) is 0 Å². The first-order valence-electron chi connectivity index (χ1n) is 6.43. The van der Waals surface area contributed by atoms with Gasteiger partial charge in [0.2, 0.25) is 0 Å². The molecule has 1 heterocycles. The van der Waals surface area contributed by atoms with E-state index in [-0.39, 0.29) is 18.1 Å². The van der Waals surface area contributed by atoms with Gasteiger partial charge in [0.15, 0.2) is 0 Å². The van der Waals surface area contributed by atoms with Crippen LogP contribution in [0.3, 0.4) is 0 Å². The van der Waals surface area contributed by atoms with Gasteiger partial charge in [-0.2, -0.15) is 0 Å². The van der Waals surface area contributed by atoms with Crippen LogP contribution in [0.25, 0.3) is 0 Å². The molecule has 4 nitrogen and oxygen atoms in total. The molecule has 0 radical (unpaired) electrons. The van der Waals surface area contributed by atoms with Crippen LogP contribution in [0.15, 0.2) is 12.1 Å². The second-order valence-corrected chi connectivity index (χ2v) is 6.54. The highest BCUT2D eigenvalue weighted by atomic mass is 35.5. The van der Waals surface area contributed by atoms with Crippen molar-refractivity contribution < 1.29 is 9.90 Å². The summed E-state index contributed by atoms with van der Waals surface area (Å²) in [5, 5.41) is 15.1. The van der Waals surface area contributed by atoms with E-state index in [4.69, 9.17) is 11.6 Å². The molecule has 1 atom stereocenters. The van der Waals surface area contributed by atoms with E-state index in [2.05, 4.69) is 10.6 Å². The number of aliphatic hydroxyl groups excluding tert-OH is 1. The SMILES string of the molecule is CC(C)C(O)CCNC(=O)NCCc1ccc(Cl)s1. The zero-order chi connectivity index (χ0) is 14.3. The zero-order valence-corrected chi connectivity index (χ0v) is 12.9. The number of urea groups is 1. The third-order valence-corrected chi connectivity index (χ3v) is 4.07. The van der Waals surface area contributed by atoms with E-state index >= 15 is 0 Å². The van der Waals surface area contributed by atoms with Crippen molar-refractivity contribution in [3.05, 3.63) is 21.3 Å². The predicted octanol–water partition coefficient (Wildman–Crippen LogP) is 2.65. The van der Waals surface area contributed by atoms with Crippen molar-refractivity contribution in [2.24, 2.45) is 5.92 Å². The van der Waals surface area contributed by atoms with Gasteiger partial charge >= 0.3 is 6.03 Å². The Bertz CT molecular complexity index is 396. The van der Waals surface area contributed by atoms with Gasteiger partial charge in [0.05, 0.1) is 10.4 Å². The first-order chi connectivity index (χ1) is 8.99. The second kappa shape index (κ2) is 8.40.